The van der Waals surface area contributed by atoms with Gasteiger partial charge in [-0.2, -0.15) is 0 Å². The van der Waals surface area contributed by atoms with E-state index in [0.29, 0.717) is 12.0 Å². The third-order valence-corrected chi connectivity index (χ3v) is 3.86. The van der Waals surface area contributed by atoms with Crippen LogP contribution in [-0.4, -0.2) is 17.2 Å². The van der Waals surface area contributed by atoms with Gasteiger partial charge in [0.2, 0.25) is 0 Å². The predicted octanol–water partition coefficient (Wildman–Crippen LogP) is 3.93. The SMILES string of the molecule is CC(C)C(C)NCCn1cc(Cl)c2ccccc21. The summed E-state index contributed by atoms with van der Waals surface area (Å²) in [6, 6.07) is 8.81. The van der Waals surface area contributed by atoms with E-state index in [2.05, 4.69) is 48.9 Å². The largest absolute Gasteiger partial charge is 0.345 e. The van der Waals surface area contributed by atoms with E-state index in [-0.39, 0.29) is 0 Å². The zero-order valence-electron chi connectivity index (χ0n) is 11.3. The summed E-state index contributed by atoms with van der Waals surface area (Å²) < 4.78 is 2.22. The first-order valence-corrected chi connectivity index (χ1v) is 6.94. The number of para-hydroxylation sites is 1. The van der Waals surface area contributed by atoms with Crippen LogP contribution < -0.4 is 5.32 Å². The predicted molar refractivity (Wildman–Crippen MR) is 79.3 cm³/mol. The van der Waals surface area contributed by atoms with Crippen LogP contribution in [0.1, 0.15) is 20.8 Å². The Morgan fingerprint density at radius 3 is 2.67 bits per heavy atom. The number of fused-ring (bicyclic) bond motifs is 1. The summed E-state index contributed by atoms with van der Waals surface area (Å²) in [5.74, 6) is 0.662. The minimum Gasteiger partial charge on any atom is -0.345 e. The monoisotopic (exact) mass is 264 g/mol. The molecule has 1 heterocycles. The molecule has 1 atom stereocenters. The molecule has 18 heavy (non-hydrogen) atoms. The smallest absolute Gasteiger partial charge is 0.0661 e. The van der Waals surface area contributed by atoms with Crippen LogP contribution in [0.3, 0.4) is 0 Å². The Balaban J connectivity index is 2.04. The summed E-state index contributed by atoms with van der Waals surface area (Å²) in [6.45, 7) is 8.61. The molecule has 0 amide bonds. The van der Waals surface area contributed by atoms with Crippen molar-refractivity contribution < 1.29 is 0 Å². The van der Waals surface area contributed by atoms with Gasteiger partial charge in [0, 0.05) is 36.2 Å². The van der Waals surface area contributed by atoms with Crippen molar-refractivity contribution in [3.8, 4) is 0 Å². The molecule has 0 saturated heterocycles. The van der Waals surface area contributed by atoms with Crippen LogP contribution in [0.15, 0.2) is 30.5 Å². The second-order valence-corrected chi connectivity index (χ2v) is 5.58. The van der Waals surface area contributed by atoms with E-state index in [0.717, 1.165) is 23.5 Å². The summed E-state index contributed by atoms with van der Waals surface area (Å²) in [4.78, 5) is 0. The van der Waals surface area contributed by atoms with E-state index in [4.69, 9.17) is 11.6 Å². The molecule has 1 unspecified atom stereocenters. The number of aromatic nitrogens is 1. The van der Waals surface area contributed by atoms with Crippen LogP contribution in [0.25, 0.3) is 10.9 Å². The van der Waals surface area contributed by atoms with Crippen LogP contribution in [0.2, 0.25) is 5.02 Å². The van der Waals surface area contributed by atoms with Crippen LogP contribution in [0.5, 0.6) is 0 Å². The highest BCUT2D eigenvalue weighted by Crippen LogP contribution is 2.25. The van der Waals surface area contributed by atoms with Crippen molar-refractivity contribution in [1.82, 2.24) is 9.88 Å². The summed E-state index contributed by atoms with van der Waals surface area (Å²) in [7, 11) is 0. The zero-order valence-corrected chi connectivity index (χ0v) is 12.0. The highest BCUT2D eigenvalue weighted by Gasteiger charge is 2.08. The Morgan fingerprint density at radius 1 is 1.22 bits per heavy atom. The van der Waals surface area contributed by atoms with Crippen LogP contribution in [-0.2, 0) is 6.54 Å². The van der Waals surface area contributed by atoms with Crippen LogP contribution >= 0.6 is 11.6 Å². The lowest BCUT2D eigenvalue weighted by Gasteiger charge is -2.17. The molecule has 0 aliphatic carbocycles. The van der Waals surface area contributed by atoms with Gasteiger partial charge in [0.25, 0.3) is 0 Å². The molecule has 2 aromatic rings. The fourth-order valence-electron chi connectivity index (χ4n) is 2.04. The number of hydrogen-bond acceptors (Lipinski definition) is 1. The van der Waals surface area contributed by atoms with Gasteiger partial charge in [0.15, 0.2) is 0 Å². The lowest BCUT2D eigenvalue weighted by Crippen LogP contribution is -2.33. The Kier molecular flexibility index (Phi) is 4.31. The van der Waals surface area contributed by atoms with Crippen molar-refractivity contribution in [3.63, 3.8) is 0 Å². The standard InChI is InChI=1S/C15H21ClN2/c1-11(2)12(3)17-8-9-18-10-14(16)13-6-4-5-7-15(13)18/h4-7,10-12,17H,8-9H2,1-3H3. The molecule has 0 bridgehead atoms. The van der Waals surface area contributed by atoms with Gasteiger partial charge in [-0.25, -0.2) is 0 Å². The Hall–Kier alpha value is -0.990. The van der Waals surface area contributed by atoms with Crippen molar-refractivity contribution in [2.75, 3.05) is 6.54 Å². The molecule has 2 rings (SSSR count). The fourth-order valence-corrected chi connectivity index (χ4v) is 2.31. The maximum Gasteiger partial charge on any atom is 0.0661 e. The van der Waals surface area contributed by atoms with E-state index in [1.54, 1.807) is 0 Å². The molecule has 0 spiro atoms. The van der Waals surface area contributed by atoms with Gasteiger partial charge in [-0.15, -0.1) is 0 Å². The fraction of sp³-hybridized carbons (Fsp3) is 0.467. The van der Waals surface area contributed by atoms with Gasteiger partial charge in [0.05, 0.1) is 5.02 Å². The third kappa shape index (κ3) is 2.88. The van der Waals surface area contributed by atoms with Gasteiger partial charge in [-0.1, -0.05) is 43.6 Å². The molecule has 1 aromatic carbocycles. The molecule has 0 aliphatic heterocycles. The van der Waals surface area contributed by atoms with Crippen molar-refractivity contribution in [3.05, 3.63) is 35.5 Å². The average Bonchev–Trinajstić information content (AvgIpc) is 2.67. The summed E-state index contributed by atoms with van der Waals surface area (Å²) in [6.07, 6.45) is 2.02. The molecular weight excluding hydrogens is 244 g/mol. The van der Waals surface area contributed by atoms with E-state index < -0.39 is 0 Å². The first-order valence-electron chi connectivity index (χ1n) is 6.56. The molecule has 0 aliphatic rings. The summed E-state index contributed by atoms with van der Waals surface area (Å²) >= 11 is 6.23. The number of halogens is 1. The molecule has 0 saturated carbocycles. The lowest BCUT2D eigenvalue weighted by molar-refractivity contribution is 0.418. The average molecular weight is 265 g/mol. The maximum atomic E-state index is 6.23. The molecule has 1 aromatic heterocycles. The number of benzene rings is 1. The van der Waals surface area contributed by atoms with Crippen LogP contribution in [0.4, 0.5) is 0 Å². The third-order valence-electron chi connectivity index (χ3n) is 3.56. The van der Waals surface area contributed by atoms with Gasteiger partial charge in [-0.05, 0) is 18.9 Å². The van der Waals surface area contributed by atoms with E-state index in [1.807, 2.05) is 12.3 Å². The van der Waals surface area contributed by atoms with E-state index in [1.165, 1.54) is 5.52 Å². The Labute approximate surface area is 114 Å². The van der Waals surface area contributed by atoms with Crippen molar-refractivity contribution >= 4 is 22.5 Å². The van der Waals surface area contributed by atoms with E-state index >= 15 is 0 Å². The van der Waals surface area contributed by atoms with Gasteiger partial charge in [-0.3, -0.25) is 0 Å². The molecule has 98 valence electrons. The summed E-state index contributed by atoms with van der Waals surface area (Å²) in [5.41, 5.74) is 1.21. The van der Waals surface area contributed by atoms with Gasteiger partial charge in [0.1, 0.15) is 0 Å². The number of nitrogens with one attached hydrogen (secondary N) is 1. The highest BCUT2D eigenvalue weighted by atomic mass is 35.5. The quantitative estimate of drug-likeness (QED) is 0.866. The highest BCUT2D eigenvalue weighted by molar-refractivity contribution is 6.35. The van der Waals surface area contributed by atoms with Crippen molar-refractivity contribution in [2.24, 2.45) is 5.92 Å². The Bertz CT molecular complexity index is 516. The topological polar surface area (TPSA) is 17.0 Å². The first-order chi connectivity index (χ1) is 8.59. The zero-order chi connectivity index (χ0) is 13.1. The summed E-state index contributed by atoms with van der Waals surface area (Å²) in [5, 5.41) is 5.51. The van der Waals surface area contributed by atoms with Crippen molar-refractivity contribution in [1.29, 1.82) is 0 Å². The first kappa shape index (κ1) is 13.4. The molecular formula is C15H21ClN2. The molecule has 0 radical (unpaired) electrons. The molecule has 1 N–H and O–H groups in total. The second kappa shape index (κ2) is 5.77. The van der Waals surface area contributed by atoms with Crippen molar-refractivity contribution in [2.45, 2.75) is 33.4 Å². The number of nitrogens with zero attached hydrogens (tertiary/aromatic N) is 1. The molecule has 3 heteroatoms. The lowest BCUT2D eigenvalue weighted by atomic mass is 10.1. The number of hydrogen-bond donors (Lipinski definition) is 1. The molecule has 0 fully saturated rings. The second-order valence-electron chi connectivity index (χ2n) is 5.17. The van der Waals surface area contributed by atoms with E-state index in [9.17, 15) is 0 Å². The Morgan fingerprint density at radius 2 is 1.94 bits per heavy atom. The molecule has 2 nitrogen and oxygen atoms in total. The maximum absolute atomic E-state index is 6.23. The van der Waals surface area contributed by atoms with Crippen LogP contribution in [0, 0.1) is 5.92 Å². The minimum absolute atomic E-state index is 0.544. The minimum atomic E-state index is 0.544. The van der Waals surface area contributed by atoms with Gasteiger partial charge < -0.3 is 9.88 Å². The van der Waals surface area contributed by atoms with Gasteiger partial charge >= 0.3 is 0 Å². The normalized spacial score (nSPS) is 13.4. The number of rotatable bonds is 5.